The molecular formula is C11H9BrFN3. The van der Waals surface area contributed by atoms with Crippen LogP contribution in [0.2, 0.25) is 0 Å². The molecule has 2 aromatic rings. The normalized spacial score (nSPS) is 10.2. The lowest BCUT2D eigenvalue weighted by Crippen LogP contribution is -1.95. The summed E-state index contributed by atoms with van der Waals surface area (Å²) in [5, 5.41) is 2.89. The second-order valence-electron chi connectivity index (χ2n) is 3.14. The summed E-state index contributed by atoms with van der Waals surface area (Å²) >= 11 is 3.14. The number of aromatic nitrogens is 2. The van der Waals surface area contributed by atoms with Gasteiger partial charge in [-0.3, -0.25) is 0 Å². The van der Waals surface area contributed by atoms with Crippen LogP contribution in [0.4, 0.5) is 10.2 Å². The molecule has 1 N–H and O–H groups in total. The molecule has 0 amide bonds. The Labute approximate surface area is 101 Å². The molecule has 0 atom stereocenters. The second-order valence-corrected chi connectivity index (χ2v) is 3.99. The van der Waals surface area contributed by atoms with Gasteiger partial charge in [0.2, 0.25) is 0 Å². The van der Waals surface area contributed by atoms with Crippen LogP contribution in [0.15, 0.2) is 35.1 Å². The molecule has 82 valence electrons. The molecule has 5 heteroatoms. The first-order valence-corrected chi connectivity index (χ1v) is 5.46. The minimum absolute atomic E-state index is 0.316. The molecule has 0 saturated carbocycles. The van der Waals surface area contributed by atoms with Crippen LogP contribution >= 0.6 is 15.9 Å². The van der Waals surface area contributed by atoms with E-state index < -0.39 is 0 Å². The van der Waals surface area contributed by atoms with Crippen molar-refractivity contribution in [2.45, 2.75) is 0 Å². The third-order valence-electron chi connectivity index (χ3n) is 2.15. The fourth-order valence-electron chi connectivity index (χ4n) is 1.34. The summed E-state index contributed by atoms with van der Waals surface area (Å²) < 4.78 is 14.2. The molecule has 0 spiro atoms. The van der Waals surface area contributed by atoms with Crippen molar-refractivity contribution in [1.29, 1.82) is 0 Å². The number of nitrogens with one attached hydrogen (secondary N) is 1. The van der Waals surface area contributed by atoms with Gasteiger partial charge in [0.05, 0.1) is 10.2 Å². The number of nitrogens with zero attached hydrogens (tertiary/aromatic N) is 2. The van der Waals surface area contributed by atoms with Gasteiger partial charge in [0.15, 0.2) is 0 Å². The van der Waals surface area contributed by atoms with Crippen LogP contribution in [-0.4, -0.2) is 17.0 Å². The lowest BCUT2D eigenvalue weighted by molar-refractivity contribution is 0.624. The van der Waals surface area contributed by atoms with E-state index in [1.54, 1.807) is 31.3 Å². The van der Waals surface area contributed by atoms with E-state index in [9.17, 15) is 4.39 Å². The number of hydrogen-bond acceptors (Lipinski definition) is 3. The Kier molecular flexibility index (Phi) is 3.14. The van der Waals surface area contributed by atoms with Crippen molar-refractivity contribution in [3.8, 4) is 11.3 Å². The van der Waals surface area contributed by atoms with Crippen molar-refractivity contribution in [3.05, 3.63) is 40.9 Å². The Morgan fingerprint density at radius 2 is 2.12 bits per heavy atom. The standard InChI is InChI=1S/C11H9BrFN3/c1-14-10-5-9(15-6-16-10)7-3-2-4-8(12)11(7)13/h2-6H,1H3,(H,14,15,16). The third-order valence-corrected chi connectivity index (χ3v) is 2.76. The van der Waals surface area contributed by atoms with E-state index in [0.29, 0.717) is 21.5 Å². The van der Waals surface area contributed by atoms with Crippen LogP contribution < -0.4 is 5.32 Å². The Morgan fingerprint density at radius 1 is 1.31 bits per heavy atom. The van der Waals surface area contributed by atoms with Gasteiger partial charge < -0.3 is 5.32 Å². The molecule has 0 bridgehead atoms. The molecule has 0 aliphatic heterocycles. The van der Waals surface area contributed by atoms with Crippen LogP contribution in [0.5, 0.6) is 0 Å². The smallest absolute Gasteiger partial charge is 0.146 e. The molecule has 1 aromatic heterocycles. The van der Waals surface area contributed by atoms with Gasteiger partial charge in [0, 0.05) is 18.7 Å². The van der Waals surface area contributed by atoms with Crippen molar-refractivity contribution in [3.63, 3.8) is 0 Å². The SMILES string of the molecule is CNc1cc(-c2cccc(Br)c2F)ncn1. The minimum atomic E-state index is -0.316. The minimum Gasteiger partial charge on any atom is -0.373 e. The summed E-state index contributed by atoms with van der Waals surface area (Å²) in [4.78, 5) is 8.03. The van der Waals surface area contributed by atoms with Gasteiger partial charge in [-0.15, -0.1) is 0 Å². The highest BCUT2D eigenvalue weighted by Gasteiger charge is 2.09. The van der Waals surface area contributed by atoms with Gasteiger partial charge in [-0.2, -0.15) is 0 Å². The molecule has 2 rings (SSSR count). The van der Waals surface area contributed by atoms with Gasteiger partial charge >= 0.3 is 0 Å². The number of hydrogen-bond donors (Lipinski definition) is 1. The molecule has 0 saturated heterocycles. The molecule has 0 radical (unpaired) electrons. The Hall–Kier alpha value is -1.49. The molecule has 3 nitrogen and oxygen atoms in total. The van der Waals surface area contributed by atoms with Gasteiger partial charge in [0.25, 0.3) is 0 Å². The average molecular weight is 282 g/mol. The van der Waals surface area contributed by atoms with E-state index in [-0.39, 0.29) is 5.82 Å². The molecule has 0 fully saturated rings. The largest absolute Gasteiger partial charge is 0.373 e. The van der Waals surface area contributed by atoms with E-state index in [1.165, 1.54) is 6.33 Å². The topological polar surface area (TPSA) is 37.8 Å². The highest BCUT2D eigenvalue weighted by molar-refractivity contribution is 9.10. The zero-order chi connectivity index (χ0) is 11.5. The monoisotopic (exact) mass is 281 g/mol. The zero-order valence-corrected chi connectivity index (χ0v) is 10.1. The fourth-order valence-corrected chi connectivity index (χ4v) is 1.71. The lowest BCUT2D eigenvalue weighted by atomic mass is 10.1. The van der Waals surface area contributed by atoms with E-state index >= 15 is 0 Å². The van der Waals surface area contributed by atoms with Crippen molar-refractivity contribution in [2.24, 2.45) is 0 Å². The molecule has 1 aromatic carbocycles. The fraction of sp³-hybridized carbons (Fsp3) is 0.0909. The van der Waals surface area contributed by atoms with E-state index in [1.807, 2.05) is 0 Å². The Bertz CT molecular complexity index is 516. The molecule has 1 heterocycles. The van der Waals surface area contributed by atoms with Crippen molar-refractivity contribution >= 4 is 21.7 Å². The molecule has 0 aliphatic carbocycles. The van der Waals surface area contributed by atoms with Gasteiger partial charge in [-0.1, -0.05) is 6.07 Å². The number of anilines is 1. The van der Waals surface area contributed by atoms with Crippen LogP contribution in [0.1, 0.15) is 0 Å². The van der Waals surface area contributed by atoms with E-state index in [2.05, 4.69) is 31.2 Å². The van der Waals surface area contributed by atoms with Crippen molar-refractivity contribution in [2.75, 3.05) is 12.4 Å². The van der Waals surface area contributed by atoms with Crippen LogP contribution in [0, 0.1) is 5.82 Å². The Balaban J connectivity index is 2.54. The number of rotatable bonds is 2. The van der Waals surface area contributed by atoms with Crippen LogP contribution in [0.3, 0.4) is 0 Å². The Morgan fingerprint density at radius 3 is 2.88 bits per heavy atom. The second kappa shape index (κ2) is 4.57. The highest BCUT2D eigenvalue weighted by Crippen LogP contribution is 2.26. The summed E-state index contributed by atoms with van der Waals surface area (Å²) in [6, 6.07) is 6.80. The van der Waals surface area contributed by atoms with Crippen molar-refractivity contribution < 1.29 is 4.39 Å². The predicted octanol–water partition coefficient (Wildman–Crippen LogP) is 3.09. The summed E-state index contributed by atoms with van der Waals surface area (Å²) in [6.45, 7) is 0. The summed E-state index contributed by atoms with van der Waals surface area (Å²) in [5.74, 6) is 0.340. The number of halogens is 2. The zero-order valence-electron chi connectivity index (χ0n) is 8.54. The van der Waals surface area contributed by atoms with Crippen molar-refractivity contribution in [1.82, 2.24) is 9.97 Å². The maximum absolute atomic E-state index is 13.8. The highest BCUT2D eigenvalue weighted by atomic mass is 79.9. The first kappa shape index (κ1) is 11.0. The summed E-state index contributed by atoms with van der Waals surface area (Å²) in [5.41, 5.74) is 1.01. The molecule has 0 aliphatic rings. The van der Waals surface area contributed by atoms with E-state index in [0.717, 1.165) is 0 Å². The molecular weight excluding hydrogens is 273 g/mol. The number of benzene rings is 1. The maximum atomic E-state index is 13.8. The van der Waals surface area contributed by atoms with Gasteiger partial charge in [-0.05, 0) is 28.1 Å². The van der Waals surface area contributed by atoms with Gasteiger partial charge in [0.1, 0.15) is 18.0 Å². The lowest BCUT2D eigenvalue weighted by Gasteiger charge is -2.05. The molecule has 16 heavy (non-hydrogen) atoms. The quantitative estimate of drug-likeness (QED) is 0.919. The van der Waals surface area contributed by atoms with Crippen LogP contribution in [-0.2, 0) is 0 Å². The average Bonchev–Trinajstić information content (AvgIpc) is 2.33. The van der Waals surface area contributed by atoms with Crippen LogP contribution in [0.25, 0.3) is 11.3 Å². The van der Waals surface area contributed by atoms with E-state index in [4.69, 9.17) is 0 Å². The summed E-state index contributed by atoms with van der Waals surface area (Å²) in [7, 11) is 1.75. The molecule has 0 unspecified atom stereocenters. The van der Waals surface area contributed by atoms with Gasteiger partial charge in [-0.25, -0.2) is 14.4 Å². The first-order chi connectivity index (χ1) is 7.72. The predicted molar refractivity (Wildman–Crippen MR) is 64.7 cm³/mol. The summed E-state index contributed by atoms with van der Waals surface area (Å²) in [6.07, 6.45) is 1.40. The third kappa shape index (κ3) is 2.04. The maximum Gasteiger partial charge on any atom is 0.146 e. The first-order valence-electron chi connectivity index (χ1n) is 4.66.